The van der Waals surface area contributed by atoms with Crippen LogP contribution >= 0.6 is 0 Å². The number of nitrogens with zero attached hydrogens (tertiary/aromatic N) is 4. The molecule has 0 radical (unpaired) electrons. The highest BCUT2D eigenvalue weighted by Crippen LogP contribution is 2.55. The van der Waals surface area contributed by atoms with E-state index in [4.69, 9.17) is 14.2 Å². The highest BCUT2D eigenvalue weighted by Gasteiger charge is 2.50. The maximum absolute atomic E-state index is 14.4. The summed E-state index contributed by atoms with van der Waals surface area (Å²) in [6.45, 7) is 9.17. The third kappa shape index (κ3) is 9.58. The number of nitrogens with one attached hydrogen (secondary N) is 3. The number of anilines is 2. The minimum Gasteiger partial charge on any atom is -0.489 e. The average Bonchev–Trinajstić information content (AvgIpc) is 3.65. The fraction of sp³-hybridized carbons (Fsp3) is 0.519. The number of nitro groups is 1. The van der Waals surface area contributed by atoms with E-state index in [0.29, 0.717) is 67.6 Å². The molecule has 5 aromatic rings. The summed E-state index contributed by atoms with van der Waals surface area (Å²) in [4.78, 5) is 38.5. The Kier molecular flexibility index (Phi) is 12.4. The van der Waals surface area contributed by atoms with Gasteiger partial charge in [0.05, 0.1) is 32.6 Å². The zero-order chi connectivity index (χ0) is 50.2. The van der Waals surface area contributed by atoms with Crippen molar-refractivity contribution in [1.29, 1.82) is 0 Å². The molecule has 11 rings (SSSR count). The van der Waals surface area contributed by atoms with Crippen LogP contribution in [-0.4, -0.2) is 100 Å². The number of aromatic amines is 1. The Hall–Kier alpha value is -5.95. The Morgan fingerprint density at radius 1 is 0.972 bits per heavy atom. The Labute approximate surface area is 419 Å². The van der Waals surface area contributed by atoms with E-state index in [2.05, 4.69) is 67.9 Å². The standard InChI is InChI=1S/C54H65N7O10S/c1-33(2)39-7-4-5-8-40(39)43-9-6-22-60(43)37-29-53(30-37)19-23-59(24-20-53)36-10-11-41(45(26-36)71-47-25-35-14-21-55-49(35)57-51(47)70-32-54(64)17-18-54)50(62)58-72(67,68)38-27-44(61(65)66)48-46(28-38)69-31-42(56-48)34-12-15-52(3,63)16-13-34/h4-5,7-8,10-11,14,21,25-28,33-34,37,42-43,56,63-64H,6,9,12-13,15-20,22-24,29-32H2,1-3H3,(H,55,57)(H,58,62)/t34?,42-,43+,52?/m1/s1. The van der Waals surface area contributed by atoms with Crippen molar-refractivity contribution in [3.63, 3.8) is 0 Å². The molecule has 382 valence electrons. The number of benzene rings is 3. The molecule has 0 unspecified atom stereocenters. The van der Waals surface area contributed by atoms with E-state index >= 15 is 0 Å². The van der Waals surface area contributed by atoms with Crippen LogP contribution in [0.25, 0.3) is 11.0 Å². The molecule has 5 heterocycles. The molecule has 3 aliphatic carbocycles. The zero-order valence-electron chi connectivity index (χ0n) is 41.2. The van der Waals surface area contributed by atoms with Crippen LogP contribution in [0.4, 0.5) is 17.1 Å². The van der Waals surface area contributed by atoms with Crippen molar-refractivity contribution in [3.8, 4) is 23.1 Å². The van der Waals surface area contributed by atoms with Gasteiger partial charge in [-0.15, -0.1) is 0 Å². The monoisotopic (exact) mass is 1000 g/mol. The second-order valence-corrected chi connectivity index (χ2v) is 23.8. The van der Waals surface area contributed by atoms with Gasteiger partial charge in [-0.2, -0.15) is 4.98 Å². The lowest BCUT2D eigenvalue weighted by atomic mass is 9.59. The van der Waals surface area contributed by atoms with Gasteiger partial charge in [-0.05, 0) is 143 Å². The first-order valence-corrected chi connectivity index (χ1v) is 27.2. The molecule has 1 amide bonds. The molecule has 0 bridgehead atoms. The van der Waals surface area contributed by atoms with Gasteiger partial charge in [-0.25, -0.2) is 13.1 Å². The van der Waals surface area contributed by atoms with Crippen molar-refractivity contribution in [1.82, 2.24) is 19.6 Å². The number of pyridine rings is 1. The molecule has 5 N–H and O–H groups in total. The molecule has 1 spiro atoms. The lowest BCUT2D eigenvalue weighted by Gasteiger charge is -2.56. The average molecular weight is 1000 g/mol. The van der Waals surface area contributed by atoms with Gasteiger partial charge in [0.1, 0.15) is 24.6 Å². The number of nitro benzene ring substituents is 1. The number of hydrogen-bond acceptors (Lipinski definition) is 14. The van der Waals surface area contributed by atoms with Crippen molar-refractivity contribution in [3.05, 3.63) is 99.7 Å². The van der Waals surface area contributed by atoms with Crippen LogP contribution in [0.15, 0.2) is 77.8 Å². The minimum atomic E-state index is -4.74. The van der Waals surface area contributed by atoms with Gasteiger partial charge in [0.15, 0.2) is 17.2 Å². The summed E-state index contributed by atoms with van der Waals surface area (Å²) in [6, 6.07) is 20.4. The van der Waals surface area contributed by atoms with Crippen LogP contribution in [0, 0.1) is 21.4 Å². The molecule has 3 saturated carbocycles. The maximum atomic E-state index is 14.4. The number of aliphatic hydroxyl groups is 2. The van der Waals surface area contributed by atoms with Crippen molar-refractivity contribution >= 4 is 44.0 Å². The van der Waals surface area contributed by atoms with Gasteiger partial charge in [0.2, 0.25) is 0 Å². The molecule has 5 fully saturated rings. The van der Waals surface area contributed by atoms with E-state index in [1.165, 1.54) is 36.1 Å². The molecule has 2 aromatic heterocycles. The molecule has 72 heavy (non-hydrogen) atoms. The van der Waals surface area contributed by atoms with E-state index in [-0.39, 0.29) is 65.0 Å². The van der Waals surface area contributed by atoms with Crippen molar-refractivity contribution in [2.45, 2.75) is 138 Å². The summed E-state index contributed by atoms with van der Waals surface area (Å²) >= 11 is 0. The molecule has 6 aliphatic rings. The van der Waals surface area contributed by atoms with Crippen LogP contribution in [0.5, 0.6) is 23.1 Å². The second-order valence-electron chi connectivity index (χ2n) is 22.1. The SMILES string of the molecule is CC(C)c1ccccc1[C@@H]1CCCN1C1CC2(CCN(c3ccc(C(=O)NS(=O)(=O)c4cc5c(c([N+](=O)[O-])c4)N[C@@H](C4CCC(C)(O)CC4)CO5)c(Oc4cc5cc[nH]c5nc4OCC4(O)CC4)c3)CC2)C1. The number of H-pyrrole nitrogens is 1. The largest absolute Gasteiger partial charge is 0.489 e. The Bertz CT molecular complexity index is 3000. The highest BCUT2D eigenvalue weighted by molar-refractivity contribution is 7.90. The van der Waals surface area contributed by atoms with E-state index < -0.39 is 42.6 Å². The second kappa shape index (κ2) is 18.5. The Balaban J connectivity index is 0.840. The summed E-state index contributed by atoms with van der Waals surface area (Å²) in [6.07, 6.45) is 12.2. The number of piperidine rings is 1. The lowest BCUT2D eigenvalue weighted by molar-refractivity contribution is -0.384. The number of fused-ring (bicyclic) bond motifs is 2. The molecule has 2 atom stereocenters. The molecule has 3 aliphatic heterocycles. The van der Waals surface area contributed by atoms with Gasteiger partial charge >= 0.3 is 0 Å². The summed E-state index contributed by atoms with van der Waals surface area (Å²) in [5.74, 6) is -0.211. The predicted molar refractivity (Wildman–Crippen MR) is 272 cm³/mol. The number of rotatable bonds is 14. The van der Waals surface area contributed by atoms with Gasteiger partial charge in [-0.3, -0.25) is 19.8 Å². The minimum absolute atomic E-state index is 0.0196. The number of carbonyl (C=O) groups excluding carboxylic acids is 1. The van der Waals surface area contributed by atoms with Crippen LogP contribution in [0.2, 0.25) is 0 Å². The molecule has 2 saturated heterocycles. The summed E-state index contributed by atoms with van der Waals surface area (Å²) < 4.78 is 49.1. The zero-order valence-corrected chi connectivity index (χ0v) is 42.0. The molecule has 18 heteroatoms. The molecular formula is C54H65N7O10S. The van der Waals surface area contributed by atoms with Crippen LogP contribution < -0.4 is 29.1 Å². The first-order valence-electron chi connectivity index (χ1n) is 25.7. The number of hydrogen-bond donors (Lipinski definition) is 5. The molecule has 3 aromatic carbocycles. The van der Waals surface area contributed by atoms with E-state index in [0.717, 1.165) is 57.1 Å². The summed E-state index contributed by atoms with van der Waals surface area (Å²) in [7, 11) is -4.74. The van der Waals surface area contributed by atoms with Crippen molar-refractivity contribution in [2.75, 3.05) is 43.1 Å². The number of amides is 1. The van der Waals surface area contributed by atoms with E-state index in [1.807, 2.05) is 6.07 Å². The first-order chi connectivity index (χ1) is 34.4. The number of aromatic nitrogens is 2. The van der Waals surface area contributed by atoms with Crippen molar-refractivity contribution in [2.24, 2.45) is 11.3 Å². The normalized spacial score (nSPS) is 24.8. The fourth-order valence-electron chi connectivity index (χ4n) is 12.1. The Morgan fingerprint density at radius 3 is 2.47 bits per heavy atom. The maximum Gasteiger partial charge on any atom is 0.297 e. The van der Waals surface area contributed by atoms with Crippen LogP contribution in [0.3, 0.4) is 0 Å². The molecular weight excluding hydrogens is 939 g/mol. The topological polar surface area (TPSA) is 222 Å². The van der Waals surface area contributed by atoms with Gasteiger partial charge in [0, 0.05) is 60.6 Å². The smallest absolute Gasteiger partial charge is 0.297 e. The lowest BCUT2D eigenvalue weighted by Crippen LogP contribution is -2.54. The number of likely N-dealkylation sites (tertiary alicyclic amines) is 1. The number of carbonyl (C=O) groups is 1. The third-order valence-corrected chi connectivity index (χ3v) is 18.0. The summed E-state index contributed by atoms with van der Waals surface area (Å²) in [5, 5.41) is 37.6. The van der Waals surface area contributed by atoms with Crippen LogP contribution in [0.1, 0.15) is 131 Å². The molecule has 17 nitrogen and oxygen atoms in total. The van der Waals surface area contributed by atoms with Gasteiger partial charge < -0.3 is 39.6 Å². The predicted octanol–water partition coefficient (Wildman–Crippen LogP) is 9.11. The third-order valence-electron chi connectivity index (χ3n) is 16.7. The quantitative estimate of drug-likeness (QED) is 0.0517. The highest BCUT2D eigenvalue weighted by atomic mass is 32.2. The number of sulfonamides is 1. The Morgan fingerprint density at radius 2 is 1.74 bits per heavy atom. The van der Waals surface area contributed by atoms with E-state index in [9.17, 15) is 33.5 Å². The van der Waals surface area contributed by atoms with E-state index in [1.54, 1.807) is 31.3 Å². The van der Waals surface area contributed by atoms with Gasteiger partial charge in [-0.1, -0.05) is 38.1 Å². The van der Waals surface area contributed by atoms with Gasteiger partial charge in [0.25, 0.3) is 27.5 Å². The van der Waals surface area contributed by atoms with Crippen molar-refractivity contribution < 1.29 is 42.6 Å². The van der Waals surface area contributed by atoms with Crippen LogP contribution in [-0.2, 0) is 10.0 Å². The summed E-state index contributed by atoms with van der Waals surface area (Å²) in [5.41, 5.74) is 2.19. The number of ether oxygens (including phenoxy) is 3. The fourth-order valence-corrected chi connectivity index (χ4v) is 13.1. The first kappa shape index (κ1) is 48.3.